The molecule has 170 valence electrons. The summed E-state index contributed by atoms with van der Waals surface area (Å²) in [6.45, 7) is 5.30. The number of allylic oxidation sites excluding steroid dienone is 1. The van der Waals surface area contributed by atoms with Gasteiger partial charge in [0.1, 0.15) is 17.1 Å². The van der Waals surface area contributed by atoms with Crippen LogP contribution >= 0.6 is 11.3 Å². The lowest BCUT2D eigenvalue weighted by molar-refractivity contribution is -0.384. The van der Waals surface area contributed by atoms with Gasteiger partial charge in [-0.2, -0.15) is 5.10 Å². The summed E-state index contributed by atoms with van der Waals surface area (Å²) in [4.78, 5) is 27.9. The van der Waals surface area contributed by atoms with E-state index in [4.69, 9.17) is 0 Å². The van der Waals surface area contributed by atoms with E-state index in [0.717, 1.165) is 11.1 Å². The van der Waals surface area contributed by atoms with E-state index in [1.54, 1.807) is 63.3 Å². The van der Waals surface area contributed by atoms with Gasteiger partial charge in [0.05, 0.1) is 15.5 Å². The Hall–Kier alpha value is -4.05. The second-order valence-corrected chi connectivity index (χ2v) is 8.15. The van der Waals surface area contributed by atoms with Gasteiger partial charge in [-0.15, -0.1) is 0 Å². The van der Waals surface area contributed by atoms with Gasteiger partial charge in [0.25, 0.3) is 5.69 Å². The SMILES string of the molecule is CCC(=O)N/N=C(/C=C/c1cccc(O)c1)c1sc(Nc2ccc(C)cc2[N+](=O)[O-])nc1C. The minimum absolute atomic E-state index is 0.0442. The number of nitrogens with zero attached hydrogens (tertiary/aromatic N) is 3. The van der Waals surface area contributed by atoms with Gasteiger partial charge in [-0.25, -0.2) is 10.4 Å². The molecule has 2 aromatic carbocycles. The van der Waals surface area contributed by atoms with Crippen LogP contribution in [0.3, 0.4) is 0 Å². The van der Waals surface area contributed by atoms with Crippen LogP contribution in [0.1, 0.15) is 35.0 Å². The third-order valence-electron chi connectivity index (χ3n) is 4.55. The number of aryl methyl sites for hydroxylation is 2. The molecule has 9 nitrogen and oxygen atoms in total. The molecule has 1 heterocycles. The van der Waals surface area contributed by atoms with Crippen LogP contribution in [-0.2, 0) is 4.79 Å². The number of amides is 1. The molecule has 0 aliphatic rings. The van der Waals surface area contributed by atoms with Crippen LogP contribution in [0, 0.1) is 24.0 Å². The molecule has 0 bridgehead atoms. The summed E-state index contributed by atoms with van der Waals surface area (Å²) in [5.41, 5.74) is 5.43. The average molecular weight is 466 g/mol. The first-order valence-corrected chi connectivity index (χ1v) is 10.9. The molecule has 3 N–H and O–H groups in total. The summed E-state index contributed by atoms with van der Waals surface area (Å²) in [6.07, 6.45) is 3.75. The van der Waals surface area contributed by atoms with E-state index in [1.807, 2.05) is 6.07 Å². The quantitative estimate of drug-likeness (QED) is 0.242. The molecule has 10 heteroatoms. The Morgan fingerprint density at radius 2 is 2.06 bits per heavy atom. The fraction of sp³-hybridized carbons (Fsp3) is 0.174. The maximum absolute atomic E-state index is 11.8. The van der Waals surface area contributed by atoms with E-state index in [0.29, 0.717) is 27.1 Å². The number of carbonyl (C=O) groups excluding carboxylic acids is 1. The molecule has 33 heavy (non-hydrogen) atoms. The van der Waals surface area contributed by atoms with Crippen LogP contribution in [0.15, 0.2) is 53.6 Å². The zero-order valence-electron chi connectivity index (χ0n) is 18.3. The lowest BCUT2D eigenvalue weighted by Crippen LogP contribution is -2.18. The van der Waals surface area contributed by atoms with Crippen LogP contribution in [0.2, 0.25) is 0 Å². The molecule has 0 aliphatic carbocycles. The number of rotatable bonds is 8. The van der Waals surface area contributed by atoms with E-state index in [2.05, 4.69) is 20.8 Å². The minimum Gasteiger partial charge on any atom is -0.508 e. The highest BCUT2D eigenvalue weighted by Crippen LogP contribution is 2.32. The molecule has 0 unspecified atom stereocenters. The number of anilines is 2. The zero-order valence-corrected chi connectivity index (χ0v) is 19.1. The van der Waals surface area contributed by atoms with E-state index < -0.39 is 4.92 Å². The van der Waals surface area contributed by atoms with Gasteiger partial charge in [0.2, 0.25) is 5.91 Å². The van der Waals surface area contributed by atoms with Crippen LogP contribution in [0.25, 0.3) is 6.08 Å². The lowest BCUT2D eigenvalue weighted by atomic mass is 10.1. The molecule has 0 saturated heterocycles. The number of benzene rings is 2. The van der Waals surface area contributed by atoms with Gasteiger partial charge in [-0.05, 0) is 49.2 Å². The Kier molecular flexibility index (Phi) is 7.52. The van der Waals surface area contributed by atoms with E-state index in [1.165, 1.54) is 17.4 Å². The van der Waals surface area contributed by atoms with Crippen LogP contribution < -0.4 is 10.7 Å². The molecule has 0 saturated carbocycles. The highest BCUT2D eigenvalue weighted by atomic mass is 32.1. The van der Waals surface area contributed by atoms with Gasteiger partial charge in [0, 0.05) is 12.5 Å². The monoisotopic (exact) mass is 465 g/mol. The van der Waals surface area contributed by atoms with E-state index in [-0.39, 0.29) is 23.8 Å². The highest BCUT2D eigenvalue weighted by Gasteiger charge is 2.18. The number of phenols is 1. The summed E-state index contributed by atoms with van der Waals surface area (Å²) in [7, 11) is 0. The molecule has 1 aromatic heterocycles. The van der Waals surface area contributed by atoms with Crippen LogP contribution in [0.4, 0.5) is 16.5 Å². The number of nitro groups is 1. The first-order valence-electron chi connectivity index (χ1n) is 10.1. The molecule has 0 radical (unpaired) electrons. The first-order chi connectivity index (χ1) is 15.8. The van der Waals surface area contributed by atoms with Crippen LogP contribution in [0.5, 0.6) is 5.75 Å². The molecule has 3 aromatic rings. The number of aromatic hydroxyl groups is 1. The standard InChI is InChI=1S/C23H23N5O4S/c1-4-21(30)27-26-19(11-9-16-6-5-7-17(29)13-16)22-15(3)24-23(33-22)25-18-10-8-14(2)12-20(18)28(31)32/h5-13,29H,4H2,1-3H3,(H,24,25)(H,27,30)/b11-9+,26-19-. The first kappa shape index (κ1) is 23.6. The number of hydrazone groups is 1. The van der Waals surface area contributed by atoms with Gasteiger partial charge in [-0.1, -0.05) is 42.5 Å². The largest absolute Gasteiger partial charge is 0.508 e. The van der Waals surface area contributed by atoms with Gasteiger partial charge in [-0.3, -0.25) is 14.9 Å². The molecule has 1 amide bonds. The van der Waals surface area contributed by atoms with Crippen molar-refractivity contribution in [2.75, 3.05) is 5.32 Å². The third kappa shape index (κ3) is 6.23. The Balaban J connectivity index is 1.95. The molecule has 0 atom stereocenters. The van der Waals surface area contributed by atoms with E-state index >= 15 is 0 Å². The Bertz CT molecular complexity index is 1250. The van der Waals surface area contributed by atoms with Crippen molar-refractivity contribution in [1.82, 2.24) is 10.4 Å². The summed E-state index contributed by atoms with van der Waals surface area (Å²) >= 11 is 1.26. The van der Waals surface area contributed by atoms with Crippen LogP contribution in [-0.4, -0.2) is 26.6 Å². The average Bonchev–Trinajstić information content (AvgIpc) is 3.14. The Morgan fingerprint density at radius 3 is 2.76 bits per heavy atom. The molecular formula is C23H23N5O4S. The number of hydrogen-bond donors (Lipinski definition) is 3. The molecule has 0 fully saturated rings. The maximum Gasteiger partial charge on any atom is 0.292 e. The molecular weight excluding hydrogens is 442 g/mol. The van der Waals surface area contributed by atoms with Gasteiger partial charge < -0.3 is 10.4 Å². The van der Waals surface area contributed by atoms with E-state index in [9.17, 15) is 20.0 Å². The fourth-order valence-electron chi connectivity index (χ4n) is 2.87. The second kappa shape index (κ2) is 10.5. The zero-order chi connectivity index (χ0) is 24.0. The number of nitrogens with one attached hydrogen (secondary N) is 2. The molecule has 0 aliphatic heterocycles. The van der Waals surface area contributed by atoms with Crippen molar-refractivity contribution in [2.24, 2.45) is 5.10 Å². The fourth-order valence-corrected chi connectivity index (χ4v) is 3.82. The topological polar surface area (TPSA) is 130 Å². The maximum atomic E-state index is 11.8. The number of nitro benzene ring substituents is 1. The van der Waals surface area contributed by atoms with Crippen molar-refractivity contribution < 1.29 is 14.8 Å². The summed E-state index contributed by atoms with van der Waals surface area (Å²) in [5.74, 6) is -0.107. The molecule has 3 rings (SSSR count). The van der Waals surface area contributed by atoms with Crippen molar-refractivity contribution in [1.29, 1.82) is 0 Å². The Labute approximate surface area is 194 Å². The highest BCUT2D eigenvalue weighted by molar-refractivity contribution is 7.17. The summed E-state index contributed by atoms with van der Waals surface area (Å²) in [6, 6.07) is 11.6. The van der Waals surface area contributed by atoms with Gasteiger partial charge >= 0.3 is 0 Å². The number of phenolic OH excluding ortho intramolecular Hbond substituents is 1. The number of aromatic nitrogens is 1. The smallest absolute Gasteiger partial charge is 0.292 e. The summed E-state index contributed by atoms with van der Waals surface area (Å²) in [5, 5.41) is 28.8. The summed E-state index contributed by atoms with van der Waals surface area (Å²) < 4.78 is 0. The molecule has 0 spiro atoms. The predicted octanol–water partition coefficient (Wildman–Crippen LogP) is 5.06. The predicted molar refractivity (Wildman–Crippen MR) is 130 cm³/mol. The second-order valence-electron chi connectivity index (χ2n) is 7.15. The third-order valence-corrected chi connectivity index (χ3v) is 5.64. The normalized spacial score (nSPS) is 11.5. The number of thiazole rings is 1. The van der Waals surface area contributed by atoms with Crippen molar-refractivity contribution in [3.63, 3.8) is 0 Å². The van der Waals surface area contributed by atoms with Crippen molar-refractivity contribution in [3.05, 3.63) is 80.4 Å². The van der Waals surface area contributed by atoms with Crippen molar-refractivity contribution in [3.8, 4) is 5.75 Å². The number of carbonyl (C=O) groups is 1. The number of hydrogen-bond acceptors (Lipinski definition) is 8. The minimum atomic E-state index is -0.443. The lowest BCUT2D eigenvalue weighted by Gasteiger charge is -2.04. The van der Waals surface area contributed by atoms with Crippen molar-refractivity contribution in [2.45, 2.75) is 27.2 Å². The van der Waals surface area contributed by atoms with Gasteiger partial charge in [0.15, 0.2) is 5.13 Å². The van der Waals surface area contributed by atoms with Crippen molar-refractivity contribution >= 4 is 45.5 Å². The Morgan fingerprint density at radius 1 is 1.27 bits per heavy atom.